The summed E-state index contributed by atoms with van der Waals surface area (Å²) in [5.74, 6) is -0.343. The van der Waals surface area contributed by atoms with Crippen molar-refractivity contribution in [1.82, 2.24) is 4.90 Å². The lowest BCUT2D eigenvalue weighted by atomic mass is 9.97. The molecule has 2 aliphatic heterocycles. The van der Waals surface area contributed by atoms with Crippen LogP contribution >= 0.6 is 11.8 Å². The molecular weight excluding hydrogens is 363 g/mol. The van der Waals surface area contributed by atoms with Gasteiger partial charge in [-0.25, -0.2) is 9.18 Å². The number of hydrogen-bond acceptors (Lipinski definition) is 6. The second-order valence-corrected chi connectivity index (χ2v) is 7.17. The number of ketones is 1. The second-order valence-electron chi connectivity index (χ2n) is 6.10. The van der Waals surface area contributed by atoms with Crippen LogP contribution in [0.5, 0.6) is 0 Å². The summed E-state index contributed by atoms with van der Waals surface area (Å²) in [5, 5.41) is 9.20. The Labute approximate surface area is 154 Å². The van der Waals surface area contributed by atoms with Gasteiger partial charge in [0.05, 0.1) is 6.61 Å². The molecule has 0 aliphatic carbocycles. The predicted molar refractivity (Wildman–Crippen MR) is 93.9 cm³/mol. The van der Waals surface area contributed by atoms with E-state index < -0.39 is 36.0 Å². The Bertz CT molecular complexity index is 716. The fourth-order valence-corrected chi connectivity index (χ4v) is 3.98. The molecule has 1 aromatic rings. The van der Waals surface area contributed by atoms with Crippen molar-refractivity contribution >= 4 is 28.8 Å². The van der Waals surface area contributed by atoms with Gasteiger partial charge in [-0.1, -0.05) is 42.1 Å². The standard InChI is InChI=1S/C17H19FN2O5S/c1-9(21)13-14(24-8-10-6-4-3-5-7-10)11(18)12-15(25-13)26-16(19-12)20(2)17(22)23/h3-7,11-15H,8H2,1-2H3,(H,22,23)/t11-,12-,13-,14+,15-/m1/s1. The molecule has 9 heteroatoms. The van der Waals surface area contributed by atoms with E-state index in [1.807, 2.05) is 30.3 Å². The SMILES string of the molecule is CC(=O)[C@H]1O[C@@H]2SC(N(C)C(=O)O)=N[C@@H]2[C@@H](F)[C@@H]1OCc1ccccc1. The van der Waals surface area contributed by atoms with Gasteiger partial charge in [0.15, 0.2) is 17.1 Å². The maximum absolute atomic E-state index is 15.1. The number of benzene rings is 1. The lowest BCUT2D eigenvalue weighted by Crippen LogP contribution is -2.56. The fourth-order valence-electron chi connectivity index (χ4n) is 2.83. The number of halogens is 1. The van der Waals surface area contributed by atoms with Crippen LogP contribution in [0, 0.1) is 0 Å². The van der Waals surface area contributed by atoms with Crippen LogP contribution in [0.1, 0.15) is 12.5 Å². The first kappa shape index (κ1) is 18.8. The molecule has 1 amide bonds. The smallest absolute Gasteiger partial charge is 0.413 e. The number of fused-ring (bicyclic) bond motifs is 1. The highest BCUT2D eigenvalue weighted by atomic mass is 32.2. The minimum Gasteiger partial charge on any atom is -0.465 e. The average Bonchev–Trinajstić information content (AvgIpc) is 3.05. The van der Waals surface area contributed by atoms with Crippen LogP contribution in [0.25, 0.3) is 0 Å². The van der Waals surface area contributed by atoms with E-state index in [2.05, 4.69) is 4.99 Å². The number of nitrogens with zero attached hydrogens (tertiary/aromatic N) is 2. The normalized spacial score (nSPS) is 30.4. The molecule has 0 aromatic heterocycles. The third kappa shape index (κ3) is 3.74. The highest BCUT2D eigenvalue weighted by Gasteiger charge is 2.52. The first-order valence-electron chi connectivity index (χ1n) is 8.05. The zero-order valence-electron chi connectivity index (χ0n) is 14.2. The first-order valence-corrected chi connectivity index (χ1v) is 8.93. The van der Waals surface area contributed by atoms with Crippen molar-refractivity contribution < 1.29 is 28.6 Å². The quantitative estimate of drug-likeness (QED) is 0.860. The molecule has 1 N–H and O–H groups in total. The number of alkyl halides is 1. The van der Waals surface area contributed by atoms with E-state index in [-0.39, 0.29) is 17.6 Å². The molecule has 2 heterocycles. The number of aliphatic imine (C=N–C) groups is 1. The topological polar surface area (TPSA) is 88.4 Å². The van der Waals surface area contributed by atoms with Crippen molar-refractivity contribution in [3.05, 3.63) is 35.9 Å². The van der Waals surface area contributed by atoms with Crippen LogP contribution in [-0.4, -0.2) is 64.0 Å². The van der Waals surface area contributed by atoms with Crippen LogP contribution in [-0.2, 0) is 20.9 Å². The summed E-state index contributed by atoms with van der Waals surface area (Å²) in [6.45, 7) is 1.45. The van der Waals surface area contributed by atoms with Crippen molar-refractivity contribution in [1.29, 1.82) is 0 Å². The number of carbonyl (C=O) groups is 2. The van der Waals surface area contributed by atoms with Crippen molar-refractivity contribution in [3.63, 3.8) is 0 Å². The number of Topliss-reactive ketones (excluding diaryl/α,β-unsaturated/α-hetero) is 1. The Balaban J connectivity index is 1.77. The van der Waals surface area contributed by atoms with Gasteiger partial charge in [-0.05, 0) is 12.5 Å². The number of carboxylic acid groups (broad SMARTS) is 1. The van der Waals surface area contributed by atoms with Gasteiger partial charge in [0, 0.05) is 7.05 Å². The molecule has 0 bridgehead atoms. The number of amidine groups is 1. The predicted octanol–water partition coefficient (Wildman–Crippen LogP) is 2.30. The molecule has 0 spiro atoms. The van der Waals surface area contributed by atoms with E-state index in [1.165, 1.54) is 14.0 Å². The van der Waals surface area contributed by atoms with E-state index in [4.69, 9.17) is 14.6 Å². The number of ether oxygens (including phenoxy) is 2. The van der Waals surface area contributed by atoms with Gasteiger partial charge in [0.2, 0.25) is 0 Å². The molecule has 3 rings (SSSR count). The van der Waals surface area contributed by atoms with Crippen LogP contribution in [0.2, 0.25) is 0 Å². The van der Waals surface area contributed by atoms with E-state index in [0.29, 0.717) is 0 Å². The Morgan fingerprint density at radius 2 is 2.08 bits per heavy atom. The van der Waals surface area contributed by atoms with Crippen LogP contribution in [0.15, 0.2) is 35.3 Å². The molecule has 0 saturated carbocycles. The van der Waals surface area contributed by atoms with Gasteiger partial charge in [-0.15, -0.1) is 0 Å². The third-order valence-electron chi connectivity index (χ3n) is 4.24. The monoisotopic (exact) mass is 382 g/mol. The summed E-state index contributed by atoms with van der Waals surface area (Å²) in [4.78, 5) is 28.1. The highest BCUT2D eigenvalue weighted by molar-refractivity contribution is 8.14. The Kier molecular flexibility index (Phi) is 5.59. The molecule has 1 aromatic carbocycles. The lowest BCUT2D eigenvalue weighted by Gasteiger charge is -2.38. The summed E-state index contributed by atoms with van der Waals surface area (Å²) in [7, 11) is 1.32. The molecule has 5 atom stereocenters. The van der Waals surface area contributed by atoms with Crippen molar-refractivity contribution in [2.45, 2.75) is 43.4 Å². The number of rotatable bonds is 4. The molecule has 7 nitrogen and oxygen atoms in total. The average molecular weight is 382 g/mol. The summed E-state index contributed by atoms with van der Waals surface area (Å²) < 4.78 is 26.5. The van der Waals surface area contributed by atoms with Crippen molar-refractivity contribution in [3.8, 4) is 0 Å². The Morgan fingerprint density at radius 3 is 2.69 bits per heavy atom. The van der Waals surface area contributed by atoms with E-state index in [9.17, 15) is 9.59 Å². The van der Waals surface area contributed by atoms with Gasteiger partial charge >= 0.3 is 6.09 Å². The lowest BCUT2D eigenvalue weighted by molar-refractivity contribution is -0.172. The molecule has 1 fully saturated rings. The highest BCUT2D eigenvalue weighted by Crippen LogP contribution is 2.39. The maximum atomic E-state index is 15.1. The van der Waals surface area contributed by atoms with E-state index in [1.54, 1.807) is 0 Å². The Morgan fingerprint density at radius 1 is 1.38 bits per heavy atom. The molecule has 1 saturated heterocycles. The first-order chi connectivity index (χ1) is 12.4. The van der Waals surface area contributed by atoms with E-state index >= 15 is 4.39 Å². The van der Waals surface area contributed by atoms with Crippen LogP contribution in [0.4, 0.5) is 9.18 Å². The third-order valence-corrected chi connectivity index (χ3v) is 5.45. The van der Waals surface area contributed by atoms with Gasteiger partial charge in [0.1, 0.15) is 23.7 Å². The number of amides is 1. The fraction of sp³-hybridized carbons (Fsp3) is 0.471. The van der Waals surface area contributed by atoms with Gasteiger partial charge < -0.3 is 14.6 Å². The Hall–Kier alpha value is -1.97. The molecule has 2 aliphatic rings. The zero-order chi connectivity index (χ0) is 18.8. The minimum absolute atomic E-state index is 0.134. The number of thioether (sulfide) groups is 1. The van der Waals surface area contributed by atoms with Crippen LogP contribution < -0.4 is 0 Å². The maximum Gasteiger partial charge on any atom is 0.413 e. The summed E-state index contributed by atoms with van der Waals surface area (Å²) in [6, 6.07) is 8.30. The summed E-state index contributed by atoms with van der Waals surface area (Å²) in [6.07, 6.45) is -4.95. The van der Waals surface area contributed by atoms with E-state index in [0.717, 1.165) is 22.2 Å². The molecule has 140 valence electrons. The van der Waals surface area contributed by atoms with Gasteiger partial charge in [0.25, 0.3) is 0 Å². The largest absolute Gasteiger partial charge is 0.465 e. The number of carbonyl (C=O) groups excluding carboxylic acids is 1. The van der Waals surface area contributed by atoms with Crippen LogP contribution in [0.3, 0.4) is 0 Å². The van der Waals surface area contributed by atoms with Crippen molar-refractivity contribution in [2.75, 3.05) is 7.05 Å². The van der Waals surface area contributed by atoms with Crippen molar-refractivity contribution in [2.24, 2.45) is 4.99 Å². The minimum atomic E-state index is -1.58. The van der Waals surface area contributed by atoms with Gasteiger partial charge in [-0.2, -0.15) is 0 Å². The van der Waals surface area contributed by atoms with Gasteiger partial charge in [-0.3, -0.25) is 14.7 Å². The summed E-state index contributed by atoms with van der Waals surface area (Å²) in [5.41, 5.74) is 0.0898. The molecular formula is C17H19FN2O5S. The number of hydrogen-bond donors (Lipinski definition) is 1. The second kappa shape index (κ2) is 7.73. The molecule has 26 heavy (non-hydrogen) atoms. The molecule has 0 unspecified atom stereocenters. The molecule has 0 radical (unpaired) electrons. The zero-order valence-corrected chi connectivity index (χ0v) is 15.1. The summed E-state index contributed by atoms with van der Waals surface area (Å²) >= 11 is 0.998.